The fourth-order valence-corrected chi connectivity index (χ4v) is 2.69. The van der Waals surface area contributed by atoms with Crippen LogP contribution in [0.1, 0.15) is 5.56 Å². The Hall–Kier alpha value is -1.41. The summed E-state index contributed by atoms with van der Waals surface area (Å²) in [5, 5.41) is 18.7. The number of hydrogen-bond acceptors (Lipinski definition) is 6. The Kier molecular flexibility index (Phi) is 4.71. The SMILES string of the molecule is Cn1nnnc1SCCNC(=O)Cc1ccsc1. The summed E-state index contributed by atoms with van der Waals surface area (Å²) in [6, 6.07) is 1.96. The molecule has 2 aromatic heterocycles. The number of carbonyl (C=O) groups excluding carboxylic acids is 1. The minimum atomic E-state index is 0.0464. The molecule has 18 heavy (non-hydrogen) atoms. The average Bonchev–Trinajstić information content (AvgIpc) is 2.97. The van der Waals surface area contributed by atoms with Crippen LogP contribution in [0, 0.1) is 0 Å². The van der Waals surface area contributed by atoms with Crippen LogP contribution >= 0.6 is 23.1 Å². The Balaban J connectivity index is 1.63. The molecule has 0 aliphatic heterocycles. The second-order valence-electron chi connectivity index (χ2n) is 3.59. The van der Waals surface area contributed by atoms with E-state index in [1.165, 1.54) is 11.8 Å². The molecule has 0 aromatic carbocycles. The summed E-state index contributed by atoms with van der Waals surface area (Å²) >= 11 is 3.12. The number of nitrogens with one attached hydrogen (secondary N) is 1. The third kappa shape index (κ3) is 3.81. The van der Waals surface area contributed by atoms with Crippen molar-refractivity contribution in [2.45, 2.75) is 11.6 Å². The standard InChI is InChI=1S/C10H13N5OS2/c1-15-10(12-13-14-15)18-5-3-11-9(16)6-8-2-4-17-7-8/h2,4,7H,3,5-6H2,1H3,(H,11,16). The number of carbonyl (C=O) groups is 1. The fraction of sp³-hybridized carbons (Fsp3) is 0.400. The van der Waals surface area contributed by atoms with Crippen LogP contribution in [0.25, 0.3) is 0 Å². The van der Waals surface area contributed by atoms with Gasteiger partial charge in [-0.05, 0) is 32.8 Å². The Morgan fingerprint density at radius 2 is 2.50 bits per heavy atom. The van der Waals surface area contributed by atoms with Crippen LogP contribution in [0.4, 0.5) is 0 Å². The molecule has 8 heteroatoms. The lowest BCUT2D eigenvalue weighted by Gasteiger charge is -2.03. The molecular weight excluding hydrogens is 270 g/mol. The Morgan fingerprint density at radius 3 is 3.17 bits per heavy atom. The predicted octanol–water partition coefficient (Wildman–Crippen LogP) is 0.723. The number of nitrogens with zero attached hydrogens (tertiary/aromatic N) is 4. The van der Waals surface area contributed by atoms with E-state index >= 15 is 0 Å². The third-order valence-electron chi connectivity index (χ3n) is 2.18. The molecule has 0 saturated heterocycles. The molecule has 2 rings (SSSR count). The van der Waals surface area contributed by atoms with Gasteiger partial charge >= 0.3 is 0 Å². The highest BCUT2D eigenvalue weighted by Gasteiger charge is 2.05. The van der Waals surface area contributed by atoms with Crippen molar-refractivity contribution in [2.75, 3.05) is 12.3 Å². The summed E-state index contributed by atoms with van der Waals surface area (Å²) in [5.74, 6) is 0.800. The number of amides is 1. The minimum absolute atomic E-state index is 0.0464. The molecule has 0 unspecified atom stereocenters. The van der Waals surface area contributed by atoms with Crippen molar-refractivity contribution in [1.29, 1.82) is 0 Å². The summed E-state index contributed by atoms with van der Waals surface area (Å²) < 4.78 is 1.61. The van der Waals surface area contributed by atoms with Gasteiger partial charge in [0.1, 0.15) is 0 Å². The van der Waals surface area contributed by atoms with Crippen LogP contribution in [-0.2, 0) is 18.3 Å². The van der Waals surface area contributed by atoms with E-state index in [9.17, 15) is 4.79 Å². The van der Waals surface area contributed by atoms with Crippen LogP contribution < -0.4 is 5.32 Å². The van der Waals surface area contributed by atoms with E-state index in [1.54, 1.807) is 23.1 Å². The molecule has 6 nitrogen and oxygen atoms in total. The Bertz CT molecular complexity index is 496. The monoisotopic (exact) mass is 283 g/mol. The second-order valence-corrected chi connectivity index (χ2v) is 5.43. The molecule has 1 N–H and O–H groups in total. The third-order valence-corrected chi connectivity index (χ3v) is 3.93. The number of tetrazole rings is 1. The zero-order chi connectivity index (χ0) is 12.8. The summed E-state index contributed by atoms with van der Waals surface area (Å²) in [6.07, 6.45) is 0.444. The van der Waals surface area contributed by atoms with Gasteiger partial charge in [0.2, 0.25) is 11.1 Å². The van der Waals surface area contributed by atoms with Crippen molar-refractivity contribution in [2.24, 2.45) is 7.05 Å². The predicted molar refractivity (Wildman–Crippen MR) is 70.6 cm³/mol. The second kappa shape index (κ2) is 6.50. The Morgan fingerprint density at radius 1 is 1.61 bits per heavy atom. The maximum atomic E-state index is 11.6. The van der Waals surface area contributed by atoms with Crippen LogP contribution in [-0.4, -0.2) is 38.4 Å². The molecule has 0 spiro atoms. The fourth-order valence-electron chi connectivity index (χ4n) is 1.32. The number of hydrogen-bond donors (Lipinski definition) is 1. The molecule has 0 aliphatic carbocycles. The zero-order valence-electron chi connectivity index (χ0n) is 9.87. The van der Waals surface area contributed by atoms with Gasteiger partial charge < -0.3 is 5.32 Å². The number of rotatable bonds is 6. The van der Waals surface area contributed by atoms with E-state index in [0.717, 1.165) is 16.5 Å². The molecule has 0 bridgehead atoms. The number of thioether (sulfide) groups is 1. The summed E-state index contributed by atoms with van der Waals surface area (Å²) in [4.78, 5) is 11.6. The van der Waals surface area contributed by atoms with Crippen LogP contribution in [0.2, 0.25) is 0 Å². The van der Waals surface area contributed by atoms with E-state index in [0.29, 0.717) is 13.0 Å². The highest BCUT2D eigenvalue weighted by Crippen LogP contribution is 2.10. The van der Waals surface area contributed by atoms with Crippen molar-refractivity contribution in [3.63, 3.8) is 0 Å². The van der Waals surface area contributed by atoms with E-state index in [1.807, 2.05) is 16.8 Å². The van der Waals surface area contributed by atoms with Crippen LogP contribution in [0.5, 0.6) is 0 Å². The van der Waals surface area contributed by atoms with Gasteiger partial charge in [-0.2, -0.15) is 11.3 Å². The van der Waals surface area contributed by atoms with Gasteiger partial charge in [0.05, 0.1) is 6.42 Å². The largest absolute Gasteiger partial charge is 0.355 e. The first-order chi connectivity index (χ1) is 8.75. The van der Waals surface area contributed by atoms with Crippen molar-refractivity contribution < 1.29 is 4.79 Å². The van der Waals surface area contributed by atoms with Gasteiger partial charge in [0.15, 0.2) is 0 Å². The van der Waals surface area contributed by atoms with Gasteiger partial charge in [0.25, 0.3) is 0 Å². The van der Waals surface area contributed by atoms with Crippen molar-refractivity contribution in [1.82, 2.24) is 25.5 Å². The quantitative estimate of drug-likeness (QED) is 0.625. The highest BCUT2D eigenvalue weighted by molar-refractivity contribution is 7.99. The lowest BCUT2D eigenvalue weighted by atomic mass is 10.2. The summed E-state index contributed by atoms with van der Waals surface area (Å²) in [7, 11) is 1.79. The molecule has 0 saturated carbocycles. The van der Waals surface area contributed by atoms with Crippen molar-refractivity contribution >= 4 is 29.0 Å². The van der Waals surface area contributed by atoms with Gasteiger partial charge in [-0.15, -0.1) is 5.10 Å². The van der Waals surface area contributed by atoms with Gasteiger partial charge in [0, 0.05) is 19.3 Å². The van der Waals surface area contributed by atoms with Crippen LogP contribution in [0.3, 0.4) is 0 Å². The van der Waals surface area contributed by atoms with Crippen molar-refractivity contribution in [3.8, 4) is 0 Å². The molecule has 0 fully saturated rings. The maximum Gasteiger partial charge on any atom is 0.224 e. The van der Waals surface area contributed by atoms with E-state index in [2.05, 4.69) is 20.8 Å². The van der Waals surface area contributed by atoms with Gasteiger partial charge in [-0.3, -0.25) is 4.79 Å². The lowest BCUT2D eigenvalue weighted by Crippen LogP contribution is -2.27. The minimum Gasteiger partial charge on any atom is -0.355 e. The summed E-state index contributed by atoms with van der Waals surface area (Å²) in [5.41, 5.74) is 1.06. The number of thiophene rings is 1. The molecule has 0 atom stereocenters. The molecule has 2 aromatic rings. The average molecular weight is 283 g/mol. The molecule has 1 amide bonds. The summed E-state index contributed by atoms with van der Waals surface area (Å²) in [6.45, 7) is 0.612. The van der Waals surface area contributed by atoms with E-state index < -0.39 is 0 Å². The highest BCUT2D eigenvalue weighted by atomic mass is 32.2. The van der Waals surface area contributed by atoms with E-state index in [-0.39, 0.29) is 5.91 Å². The molecule has 0 radical (unpaired) electrons. The molecule has 0 aliphatic rings. The zero-order valence-corrected chi connectivity index (χ0v) is 11.5. The maximum absolute atomic E-state index is 11.6. The number of aromatic nitrogens is 4. The van der Waals surface area contributed by atoms with Crippen LogP contribution in [0.15, 0.2) is 22.0 Å². The lowest BCUT2D eigenvalue weighted by molar-refractivity contribution is -0.120. The first-order valence-corrected chi connectivity index (χ1v) is 7.31. The van der Waals surface area contributed by atoms with E-state index in [4.69, 9.17) is 0 Å². The molecule has 96 valence electrons. The van der Waals surface area contributed by atoms with Crippen molar-refractivity contribution in [3.05, 3.63) is 22.4 Å². The topological polar surface area (TPSA) is 72.7 Å². The first-order valence-electron chi connectivity index (χ1n) is 5.38. The smallest absolute Gasteiger partial charge is 0.224 e. The molecular formula is C10H13N5OS2. The molecule has 2 heterocycles. The number of aryl methyl sites for hydroxylation is 1. The normalized spacial score (nSPS) is 10.5. The first kappa shape index (κ1) is 13.0. The Labute approximate surface area is 113 Å². The van der Waals surface area contributed by atoms with Gasteiger partial charge in [-0.1, -0.05) is 11.8 Å². The van der Waals surface area contributed by atoms with Gasteiger partial charge in [-0.25, -0.2) is 4.68 Å².